The van der Waals surface area contributed by atoms with Crippen molar-refractivity contribution in [3.63, 3.8) is 0 Å². The van der Waals surface area contributed by atoms with Crippen LogP contribution in [0.3, 0.4) is 0 Å². The topological polar surface area (TPSA) is 78.5 Å². The Kier molecular flexibility index (Phi) is 7.72. The first-order chi connectivity index (χ1) is 14.4. The normalized spacial score (nSPS) is 13.2. The molecule has 0 aromatic heterocycles. The third-order valence-corrected chi connectivity index (χ3v) is 6.24. The third-order valence-electron chi connectivity index (χ3n) is 4.64. The Morgan fingerprint density at radius 1 is 1.03 bits per heavy atom. The molecule has 0 aliphatic rings. The van der Waals surface area contributed by atoms with E-state index in [1.54, 1.807) is 12.1 Å². The van der Waals surface area contributed by atoms with Gasteiger partial charge in [0.2, 0.25) is 15.9 Å². The molecule has 0 saturated heterocycles. The molecule has 10 heteroatoms. The summed E-state index contributed by atoms with van der Waals surface area (Å²) in [5.41, 5.74) is 0.111. The highest BCUT2D eigenvalue weighted by Crippen LogP contribution is 2.34. The Hall–Kier alpha value is -2.59. The monoisotopic (exact) mass is 457 g/mol. The highest BCUT2D eigenvalue weighted by Gasteiger charge is 2.37. The summed E-state index contributed by atoms with van der Waals surface area (Å²) >= 11 is 0. The summed E-state index contributed by atoms with van der Waals surface area (Å²) in [5, 5.41) is 2.57. The zero-order chi connectivity index (χ0) is 23.4. The van der Waals surface area contributed by atoms with E-state index in [0.717, 1.165) is 24.4 Å². The minimum absolute atomic E-state index is 0.291. The van der Waals surface area contributed by atoms with E-state index in [-0.39, 0.29) is 0 Å². The molecule has 31 heavy (non-hydrogen) atoms. The Labute approximate surface area is 180 Å². The molecule has 170 valence electrons. The first-order valence-corrected chi connectivity index (χ1v) is 11.2. The maximum atomic E-state index is 13.2. The van der Waals surface area contributed by atoms with Crippen LogP contribution in [0.5, 0.6) is 0 Å². The number of hydrogen-bond donors (Lipinski definition) is 2. The van der Waals surface area contributed by atoms with Gasteiger partial charge in [-0.15, -0.1) is 0 Å². The van der Waals surface area contributed by atoms with E-state index in [4.69, 9.17) is 0 Å². The number of hydrogen-bond acceptors (Lipinski definition) is 4. The number of nitrogens with zero attached hydrogens (tertiary/aromatic N) is 1. The summed E-state index contributed by atoms with van der Waals surface area (Å²) in [6.45, 7) is 8.21. The molecular weight excluding hydrogens is 431 g/mol. The molecule has 0 heterocycles. The minimum Gasteiger partial charge on any atom is -0.369 e. The van der Waals surface area contributed by atoms with Gasteiger partial charge in [-0.3, -0.25) is 4.79 Å². The number of carbonyl (C=O) groups is 1. The highest BCUT2D eigenvalue weighted by molar-refractivity contribution is 7.89. The summed E-state index contributed by atoms with van der Waals surface area (Å²) in [6, 6.07) is 9.82. The molecule has 0 fully saturated rings. The first kappa shape index (κ1) is 24.7. The van der Waals surface area contributed by atoms with Crippen LogP contribution in [0, 0.1) is 0 Å². The maximum Gasteiger partial charge on any atom is 0.417 e. The summed E-state index contributed by atoms with van der Waals surface area (Å²) in [4.78, 5) is 13.6. The van der Waals surface area contributed by atoms with Crippen LogP contribution in [0.1, 0.15) is 33.3 Å². The Bertz CT molecular complexity index is 1010. The van der Waals surface area contributed by atoms with E-state index < -0.39 is 38.6 Å². The number of nitrogens with one attached hydrogen (secondary N) is 2. The molecule has 1 atom stereocenters. The van der Waals surface area contributed by atoms with Crippen LogP contribution in [0.25, 0.3) is 0 Å². The second-order valence-corrected chi connectivity index (χ2v) is 8.94. The smallest absolute Gasteiger partial charge is 0.369 e. The van der Waals surface area contributed by atoms with Crippen LogP contribution < -0.4 is 14.9 Å². The van der Waals surface area contributed by atoms with Crippen molar-refractivity contribution in [3.05, 3.63) is 54.1 Å². The van der Waals surface area contributed by atoms with Gasteiger partial charge in [0, 0.05) is 24.0 Å². The van der Waals surface area contributed by atoms with Gasteiger partial charge >= 0.3 is 6.18 Å². The first-order valence-electron chi connectivity index (χ1n) is 9.73. The van der Waals surface area contributed by atoms with Gasteiger partial charge in [-0.05, 0) is 64.1 Å². The van der Waals surface area contributed by atoms with Crippen LogP contribution in [0.2, 0.25) is 0 Å². The average molecular weight is 458 g/mol. The molecule has 0 aliphatic heterocycles. The zero-order valence-corrected chi connectivity index (χ0v) is 18.5. The summed E-state index contributed by atoms with van der Waals surface area (Å²) < 4.78 is 66.4. The molecule has 6 nitrogen and oxygen atoms in total. The molecular formula is C21H26F3N3O3S. The molecule has 2 rings (SSSR count). The molecule has 1 amide bonds. The van der Waals surface area contributed by atoms with Crippen LogP contribution >= 0.6 is 0 Å². The quantitative estimate of drug-likeness (QED) is 0.621. The number of alkyl halides is 3. The van der Waals surface area contributed by atoms with Crippen molar-refractivity contribution in [2.45, 2.75) is 50.9 Å². The molecule has 0 bridgehead atoms. The van der Waals surface area contributed by atoms with Crippen LogP contribution in [0.15, 0.2) is 53.4 Å². The molecule has 2 N–H and O–H groups in total. The van der Waals surface area contributed by atoms with Crippen molar-refractivity contribution in [2.24, 2.45) is 0 Å². The maximum absolute atomic E-state index is 13.2. The Morgan fingerprint density at radius 2 is 1.61 bits per heavy atom. The van der Waals surface area contributed by atoms with E-state index in [2.05, 4.69) is 24.1 Å². The molecule has 0 aliphatic carbocycles. The summed E-state index contributed by atoms with van der Waals surface area (Å²) in [6.07, 6.45) is -4.85. The van der Waals surface area contributed by atoms with Crippen LogP contribution in [0.4, 0.5) is 24.5 Å². The second kappa shape index (κ2) is 9.69. The van der Waals surface area contributed by atoms with Crippen LogP contribution in [-0.4, -0.2) is 33.0 Å². The molecule has 0 spiro atoms. The number of amides is 1. The molecule has 2 aromatic carbocycles. The van der Waals surface area contributed by atoms with Gasteiger partial charge in [-0.1, -0.05) is 12.1 Å². The van der Waals surface area contributed by atoms with E-state index >= 15 is 0 Å². The molecule has 0 saturated carbocycles. The van der Waals surface area contributed by atoms with E-state index in [0.29, 0.717) is 17.8 Å². The number of sulfonamides is 1. The van der Waals surface area contributed by atoms with Crippen LogP contribution in [-0.2, 0) is 21.0 Å². The zero-order valence-electron chi connectivity index (χ0n) is 17.7. The lowest BCUT2D eigenvalue weighted by Gasteiger charge is -2.27. The van der Waals surface area contributed by atoms with Gasteiger partial charge < -0.3 is 10.2 Å². The van der Waals surface area contributed by atoms with Gasteiger partial charge in [0.25, 0.3) is 0 Å². The Balaban J connectivity index is 2.13. The lowest BCUT2D eigenvalue weighted by molar-refractivity contribution is -0.139. The summed E-state index contributed by atoms with van der Waals surface area (Å²) in [5.74, 6) is -0.697. The van der Waals surface area contributed by atoms with Crippen molar-refractivity contribution in [2.75, 3.05) is 16.8 Å². The van der Waals surface area contributed by atoms with E-state index in [1.807, 2.05) is 23.8 Å². The SMILES string of the molecule is CCN(c1ccc(NC(=O)[C@H](C)NS(=O)(=O)c2ccccc2C(F)(F)F)cc1)C(C)C. The van der Waals surface area contributed by atoms with E-state index in [1.165, 1.54) is 13.0 Å². The van der Waals surface area contributed by atoms with E-state index in [9.17, 15) is 26.4 Å². The predicted molar refractivity (Wildman–Crippen MR) is 114 cm³/mol. The van der Waals surface area contributed by atoms with Gasteiger partial charge in [-0.25, -0.2) is 8.42 Å². The number of halogens is 3. The molecule has 2 aromatic rings. The summed E-state index contributed by atoms with van der Waals surface area (Å²) in [7, 11) is -4.58. The van der Waals surface area contributed by atoms with Crippen molar-refractivity contribution < 1.29 is 26.4 Å². The lowest BCUT2D eigenvalue weighted by atomic mass is 10.2. The fourth-order valence-corrected chi connectivity index (χ4v) is 4.55. The fraction of sp³-hybridized carbons (Fsp3) is 0.381. The van der Waals surface area contributed by atoms with Crippen molar-refractivity contribution in [3.8, 4) is 0 Å². The van der Waals surface area contributed by atoms with Crippen molar-refractivity contribution >= 4 is 27.3 Å². The Morgan fingerprint density at radius 3 is 2.13 bits per heavy atom. The molecule has 0 radical (unpaired) electrons. The van der Waals surface area contributed by atoms with Gasteiger partial charge in [0.1, 0.15) is 0 Å². The number of benzene rings is 2. The van der Waals surface area contributed by atoms with Crippen molar-refractivity contribution in [1.29, 1.82) is 0 Å². The van der Waals surface area contributed by atoms with Gasteiger partial charge in [-0.2, -0.15) is 17.9 Å². The fourth-order valence-electron chi connectivity index (χ4n) is 3.12. The second-order valence-electron chi connectivity index (χ2n) is 7.25. The van der Waals surface area contributed by atoms with Gasteiger partial charge in [0.05, 0.1) is 16.5 Å². The number of anilines is 2. The number of carbonyl (C=O) groups excluding carboxylic acids is 1. The molecule has 0 unspecified atom stereocenters. The highest BCUT2D eigenvalue weighted by atomic mass is 32.2. The minimum atomic E-state index is -4.85. The standard InChI is InChI=1S/C21H26F3N3O3S/c1-5-27(14(2)3)17-12-10-16(11-13-17)25-20(28)15(4)26-31(29,30)19-9-7-6-8-18(19)21(22,23)24/h6-15,26H,5H2,1-4H3,(H,25,28)/t15-/m0/s1. The number of rotatable bonds is 8. The largest absolute Gasteiger partial charge is 0.417 e. The van der Waals surface area contributed by atoms with Gasteiger partial charge in [0.15, 0.2) is 0 Å². The average Bonchev–Trinajstić information content (AvgIpc) is 2.68. The third kappa shape index (κ3) is 6.20. The lowest BCUT2D eigenvalue weighted by Crippen LogP contribution is -2.42. The van der Waals surface area contributed by atoms with Crippen molar-refractivity contribution in [1.82, 2.24) is 4.72 Å². The predicted octanol–water partition coefficient (Wildman–Crippen LogP) is 4.25.